The van der Waals surface area contributed by atoms with Crippen LogP contribution in [0.15, 0.2) is 77.8 Å². The summed E-state index contributed by atoms with van der Waals surface area (Å²) in [5.74, 6) is 2.80. The second-order valence-electron chi connectivity index (χ2n) is 8.37. The molecule has 0 saturated carbocycles. The maximum Gasteiger partial charge on any atom is 0.203 e. The zero-order chi connectivity index (χ0) is 22.8. The summed E-state index contributed by atoms with van der Waals surface area (Å²) in [5.41, 5.74) is 5.69. The number of nitrogens with zero attached hydrogens (tertiary/aromatic N) is 1. The molecule has 1 N–H and O–H groups in total. The molecule has 3 aromatic rings. The van der Waals surface area contributed by atoms with E-state index in [1.807, 2.05) is 18.3 Å². The van der Waals surface area contributed by atoms with Crippen LogP contribution in [0.1, 0.15) is 35.1 Å². The summed E-state index contributed by atoms with van der Waals surface area (Å²) in [5, 5.41) is 3.78. The number of para-hydroxylation sites is 1. The number of aliphatic imine (C=N–C) groups is 1. The smallest absolute Gasteiger partial charge is 0.203 e. The number of ether oxygens (including phenoxy) is 3. The van der Waals surface area contributed by atoms with Gasteiger partial charge in [0.1, 0.15) is 0 Å². The topological polar surface area (TPSA) is 52.1 Å². The molecule has 5 rings (SSSR count). The molecule has 0 unspecified atom stereocenters. The van der Waals surface area contributed by atoms with Crippen LogP contribution in [-0.4, -0.2) is 27.5 Å². The zero-order valence-electron chi connectivity index (χ0n) is 19.1. The molecule has 2 aliphatic rings. The number of allylic oxidation sites excluding steroid dienone is 2. The van der Waals surface area contributed by atoms with Gasteiger partial charge in [0.2, 0.25) is 5.75 Å². The van der Waals surface area contributed by atoms with Crippen molar-refractivity contribution in [3.8, 4) is 17.2 Å². The number of hydrogen-bond donors (Lipinski definition) is 1. The fraction of sp³-hybridized carbons (Fsp3) is 0.250. The number of fused-ring (bicyclic) bond motifs is 3. The van der Waals surface area contributed by atoms with Crippen molar-refractivity contribution in [3.05, 3.63) is 89.5 Å². The first kappa shape index (κ1) is 21.1. The van der Waals surface area contributed by atoms with E-state index in [0.717, 1.165) is 17.7 Å². The molecule has 0 saturated heterocycles. The molecular weight excluding hydrogens is 412 g/mol. The third-order valence-electron chi connectivity index (χ3n) is 6.57. The van der Waals surface area contributed by atoms with Crippen LogP contribution in [0, 0.1) is 5.92 Å². The van der Waals surface area contributed by atoms with Crippen molar-refractivity contribution in [1.82, 2.24) is 0 Å². The van der Waals surface area contributed by atoms with E-state index in [0.29, 0.717) is 29.1 Å². The number of nitrogens with one attached hydrogen (secondary N) is 1. The van der Waals surface area contributed by atoms with Crippen LogP contribution in [0.2, 0.25) is 0 Å². The van der Waals surface area contributed by atoms with Gasteiger partial charge in [0, 0.05) is 23.4 Å². The molecule has 0 spiro atoms. The molecule has 0 aromatic heterocycles. The van der Waals surface area contributed by atoms with Crippen molar-refractivity contribution in [2.75, 3.05) is 26.6 Å². The molecule has 0 amide bonds. The average Bonchev–Trinajstić information content (AvgIpc) is 3.37. The highest BCUT2D eigenvalue weighted by molar-refractivity contribution is 5.84. The van der Waals surface area contributed by atoms with Crippen LogP contribution in [0.4, 0.5) is 11.4 Å². The number of hydrogen-bond acceptors (Lipinski definition) is 5. The number of benzene rings is 3. The Morgan fingerprint density at radius 2 is 1.64 bits per heavy atom. The van der Waals surface area contributed by atoms with Crippen molar-refractivity contribution in [1.29, 1.82) is 0 Å². The molecule has 1 aliphatic carbocycles. The van der Waals surface area contributed by atoms with Crippen molar-refractivity contribution < 1.29 is 14.2 Å². The van der Waals surface area contributed by atoms with Crippen molar-refractivity contribution in [2.45, 2.75) is 18.4 Å². The van der Waals surface area contributed by atoms with Crippen LogP contribution in [0.25, 0.3) is 0 Å². The summed E-state index contributed by atoms with van der Waals surface area (Å²) >= 11 is 0. The van der Waals surface area contributed by atoms with E-state index < -0.39 is 0 Å². The summed E-state index contributed by atoms with van der Waals surface area (Å²) in [6.45, 7) is 0. The van der Waals surface area contributed by atoms with Crippen LogP contribution in [0.3, 0.4) is 0 Å². The lowest BCUT2D eigenvalue weighted by molar-refractivity contribution is 0.324. The van der Waals surface area contributed by atoms with E-state index in [1.165, 1.54) is 16.8 Å². The second-order valence-corrected chi connectivity index (χ2v) is 8.37. The zero-order valence-corrected chi connectivity index (χ0v) is 19.1. The van der Waals surface area contributed by atoms with E-state index in [2.05, 4.69) is 71.0 Å². The quantitative estimate of drug-likeness (QED) is 0.362. The molecule has 0 radical (unpaired) electrons. The van der Waals surface area contributed by atoms with Gasteiger partial charge >= 0.3 is 0 Å². The molecule has 168 valence electrons. The molecular formula is C28H28N2O3. The highest BCUT2D eigenvalue weighted by atomic mass is 16.5. The van der Waals surface area contributed by atoms with E-state index in [1.54, 1.807) is 21.3 Å². The minimum absolute atomic E-state index is 0.285. The van der Waals surface area contributed by atoms with Gasteiger partial charge < -0.3 is 19.5 Å². The summed E-state index contributed by atoms with van der Waals surface area (Å²) in [4.78, 5) is 4.66. The first-order valence-corrected chi connectivity index (χ1v) is 11.2. The van der Waals surface area contributed by atoms with E-state index in [4.69, 9.17) is 14.2 Å². The summed E-state index contributed by atoms with van der Waals surface area (Å²) in [6.07, 6.45) is 7.60. The Kier molecular flexibility index (Phi) is 5.78. The Labute approximate surface area is 194 Å². The maximum atomic E-state index is 5.43. The normalized spacial score (nSPS) is 20.8. The van der Waals surface area contributed by atoms with Crippen molar-refractivity contribution >= 4 is 17.6 Å². The molecule has 0 fully saturated rings. The first-order valence-electron chi connectivity index (χ1n) is 11.2. The molecule has 0 bridgehead atoms. The fourth-order valence-corrected chi connectivity index (χ4v) is 4.97. The van der Waals surface area contributed by atoms with Crippen LogP contribution in [-0.2, 0) is 0 Å². The predicted molar refractivity (Wildman–Crippen MR) is 133 cm³/mol. The van der Waals surface area contributed by atoms with Gasteiger partial charge in [-0.1, -0.05) is 42.5 Å². The van der Waals surface area contributed by atoms with E-state index >= 15 is 0 Å². The van der Waals surface area contributed by atoms with Crippen LogP contribution < -0.4 is 19.5 Å². The lowest BCUT2D eigenvalue weighted by Crippen LogP contribution is -2.28. The standard InChI is InChI=1S/C28H28N2O3/c1-31-25-15-18(16-26(32-2)28(25)33-3)17-29-20-13-11-19(12-14-20)27-23-9-6-8-21(23)22-7-4-5-10-24(22)30-27/h4-8,10-17,21,23,27,30H,9H2,1-3H3/t21-,23-,27+/m1/s1. The minimum Gasteiger partial charge on any atom is -0.493 e. The van der Waals surface area contributed by atoms with Gasteiger partial charge in [-0.3, -0.25) is 4.99 Å². The van der Waals surface area contributed by atoms with Crippen LogP contribution in [0.5, 0.6) is 17.2 Å². The van der Waals surface area contributed by atoms with E-state index in [-0.39, 0.29) is 6.04 Å². The van der Waals surface area contributed by atoms with Crippen molar-refractivity contribution in [3.63, 3.8) is 0 Å². The number of anilines is 1. The Morgan fingerprint density at radius 3 is 2.33 bits per heavy atom. The van der Waals surface area contributed by atoms with Gasteiger partial charge in [-0.25, -0.2) is 0 Å². The molecule has 5 nitrogen and oxygen atoms in total. The fourth-order valence-electron chi connectivity index (χ4n) is 4.97. The lowest BCUT2D eigenvalue weighted by Gasteiger charge is -2.37. The second kappa shape index (κ2) is 9.02. The number of methoxy groups -OCH3 is 3. The first-order chi connectivity index (χ1) is 16.2. The Hall–Kier alpha value is -3.73. The van der Waals surface area contributed by atoms with Gasteiger partial charge in [0.05, 0.1) is 33.1 Å². The Bertz CT molecular complexity index is 1180. The molecule has 33 heavy (non-hydrogen) atoms. The predicted octanol–water partition coefficient (Wildman–Crippen LogP) is 6.29. The minimum atomic E-state index is 0.285. The maximum absolute atomic E-state index is 5.43. The van der Waals surface area contributed by atoms with Gasteiger partial charge in [-0.05, 0) is 53.8 Å². The lowest BCUT2D eigenvalue weighted by atomic mass is 9.77. The Balaban J connectivity index is 1.37. The summed E-state index contributed by atoms with van der Waals surface area (Å²) < 4.78 is 16.3. The molecule has 3 aromatic carbocycles. The third-order valence-corrected chi connectivity index (χ3v) is 6.57. The largest absolute Gasteiger partial charge is 0.493 e. The third kappa shape index (κ3) is 3.95. The summed E-state index contributed by atoms with van der Waals surface area (Å²) in [7, 11) is 4.82. The Morgan fingerprint density at radius 1 is 0.909 bits per heavy atom. The van der Waals surface area contributed by atoms with E-state index in [9.17, 15) is 0 Å². The molecule has 1 heterocycles. The SMILES string of the molecule is COc1cc(C=Nc2ccc([C@@H]3Nc4ccccc4[C@H]4C=CC[C@H]43)cc2)cc(OC)c1OC. The van der Waals surface area contributed by atoms with Gasteiger partial charge in [0.25, 0.3) is 0 Å². The van der Waals surface area contributed by atoms with Crippen LogP contribution >= 0.6 is 0 Å². The molecule has 5 heteroatoms. The van der Waals surface area contributed by atoms with Crippen molar-refractivity contribution in [2.24, 2.45) is 10.9 Å². The average molecular weight is 441 g/mol. The molecule has 1 aliphatic heterocycles. The number of rotatable bonds is 6. The van der Waals surface area contributed by atoms with Gasteiger partial charge in [-0.15, -0.1) is 0 Å². The van der Waals surface area contributed by atoms with Gasteiger partial charge in [0.15, 0.2) is 11.5 Å². The monoisotopic (exact) mass is 440 g/mol. The summed E-state index contributed by atoms with van der Waals surface area (Å²) in [6, 6.07) is 21.2. The highest BCUT2D eigenvalue weighted by Gasteiger charge is 2.37. The molecule has 3 atom stereocenters. The highest BCUT2D eigenvalue weighted by Crippen LogP contribution is 2.49. The van der Waals surface area contributed by atoms with Gasteiger partial charge in [-0.2, -0.15) is 0 Å².